The molecule has 0 aliphatic heterocycles. The highest BCUT2D eigenvalue weighted by atomic mass is 32.2. The lowest BCUT2D eigenvalue weighted by Crippen LogP contribution is -2.31. The lowest BCUT2D eigenvalue weighted by molar-refractivity contribution is 0.268. The molecule has 2 aliphatic carbocycles. The third-order valence-corrected chi connectivity index (χ3v) is 19.7. The maximum Gasteiger partial charge on any atom is 0.265 e. The molecule has 4 heterocycles. The number of pyridine rings is 2. The first kappa shape index (κ1) is 69.9. The number of benzene rings is 6. The molecule has 0 amide bonds. The van der Waals surface area contributed by atoms with Gasteiger partial charge in [0.15, 0.2) is 11.6 Å². The molecule has 508 valence electrons. The Hall–Kier alpha value is -9.93. The first-order chi connectivity index (χ1) is 46.7. The average Bonchev–Trinajstić information content (AvgIpc) is 1.75. The normalized spacial score (nSPS) is 12.5. The van der Waals surface area contributed by atoms with Gasteiger partial charge in [-0.3, -0.25) is 9.36 Å². The summed E-state index contributed by atoms with van der Waals surface area (Å²) in [7, 11) is -2.53. The van der Waals surface area contributed by atoms with Crippen molar-refractivity contribution in [3.8, 4) is 51.1 Å². The van der Waals surface area contributed by atoms with E-state index in [1.54, 1.807) is 117 Å². The fourth-order valence-electron chi connectivity index (χ4n) is 11.3. The summed E-state index contributed by atoms with van der Waals surface area (Å²) in [6.07, 6.45) is 7.88. The summed E-state index contributed by atoms with van der Waals surface area (Å²) in [5.74, 6) is -1.85. The lowest BCUT2D eigenvalue weighted by atomic mass is 9.98. The second-order valence-corrected chi connectivity index (χ2v) is 26.4. The van der Waals surface area contributed by atoms with Crippen LogP contribution >= 0.6 is 0 Å². The molecule has 2 aliphatic rings. The molecule has 97 heavy (non-hydrogen) atoms. The molecule has 0 saturated heterocycles. The van der Waals surface area contributed by atoms with Gasteiger partial charge in [-0.15, -0.1) is 0 Å². The number of nitrogens with two attached hydrogens (primary N) is 2. The Kier molecular flexibility index (Phi) is 22.6. The molecular weight excluding hydrogens is 1300 g/mol. The fraction of sp³-hybridized carbons (Fsp3) is 0.257. The van der Waals surface area contributed by atoms with Gasteiger partial charge in [0.25, 0.3) is 20.0 Å². The summed E-state index contributed by atoms with van der Waals surface area (Å²) in [6.45, 7) is -0.498. The first-order valence-corrected chi connectivity index (χ1v) is 33.6. The smallest absolute Gasteiger partial charge is 0.265 e. The van der Waals surface area contributed by atoms with Crippen LogP contribution in [0, 0.1) is 29.5 Å². The van der Waals surface area contributed by atoms with E-state index < -0.39 is 59.6 Å². The maximum atomic E-state index is 15.3. The van der Waals surface area contributed by atoms with Gasteiger partial charge in [0, 0.05) is 72.9 Å². The van der Waals surface area contributed by atoms with Crippen LogP contribution in [0.2, 0.25) is 0 Å². The topological polar surface area (TPSA) is 255 Å². The molecule has 6 aromatic carbocycles. The Labute approximate surface area is 558 Å². The molecule has 0 fully saturated rings. The van der Waals surface area contributed by atoms with E-state index in [2.05, 4.69) is 20.2 Å². The van der Waals surface area contributed by atoms with Gasteiger partial charge in [-0.25, -0.2) is 25.6 Å². The molecule has 10 aromatic rings. The Bertz CT molecular complexity index is 4490. The minimum atomic E-state index is -4.42. The summed E-state index contributed by atoms with van der Waals surface area (Å²) in [6, 6.07) is 40.7. The van der Waals surface area contributed by atoms with E-state index >= 15 is 4.39 Å². The molecule has 5 N–H and O–H groups in total. The largest absolute Gasteiger partial charge is 0.497 e. The number of aryl methyl sites for hydroxylation is 2. The van der Waals surface area contributed by atoms with E-state index in [-0.39, 0.29) is 58.4 Å². The number of rotatable bonds is 24. The highest BCUT2D eigenvalue weighted by Crippen LogP contribution is 2.38. The number of fused-ring (bicyclic) bond motifs is 2. The van der Waals surface area contributed by atoms with E-state index in [1.807, 2.05) is 24.3 Å². The second kappa shape index (κ2) is 31.3. The van der Waals surface area contributed by atoms with E-state index in [4.69, 9.17) is 40.3 Å². The van der Waals surface area contributed by atoms with Crippen LogP contribution in [0.3, 0.4) is 0 Å². The number of nitrogens with zero attached hydrogens (tertiary/aromatic N) is 8. The first-order valence-electron chi connectivity index (χ1n) is 30.7. The van der Waals surface area contributed by atoms with Gasteiger partial charge in [0.2, 0.25) is 33.8 Å². The fourth-order valence-corrected chi connectivity index (χ4v) is 14.1. The summed E-state index contributed by atoms with van der Waals surface area (Å²) in [4.78, 5) is 6.92. The number of nitrogen functional groups attached to an aromatic ring is 2. The minimum Gasteiger partial charge on any atom is -0.497 e. The van der Waals surface area contributed by atoms with E-state index in [9.17, 15) is 34.4 Å². The van der Waals surface area contributed by atoms with Crippen molar-refractivity contribution in [2.24, 2.45) is 0 Å². The molecule has 12 rings (SSSR count). The van der Waals surface area contributed by atoms with Crippen molar-refractivity contribution in [2.45, 2.75) is 87.8 Å². The van der Waals surface area contributed by atoms with Crippen LogP contribution in [-0.4, -0.2) is 102 Å². The van der Waals surface area contributed by atoms with Crippen molar-refractivity contribution < 1.29 is 67.6 Å². The Morgan fingerprint density at radius 2 is 0.825 bits per heavy atom. The van der Waals surface area contributed by atoms with Gasteiger partial charge >= 0.3 is 0 Å². The summed E-state index contributed by atoms with van der Waals surface area (Å²) < 4.78 is 156. The minimum absolute atomic E-state index is 0.00462. The highest BCUT2D eigenvalue weighted by Gasteiger charge is 2.33. The molecule has 27 heteroatoms. The molecule has 0 radical (unpaired) electrons. The third kappa shape index (κ3) is 17.0. The van der Waals surface area contributed by atoms with Crippen molar-refractivity contribution in [3.05, 3.63) is 232 Å². The predicted octanol–water partition coefficient (Wildman–Crippen LogP) is 11.3. The summed E-state index contributed by atoms with van der Waals surface area (Å²) in [5, 5.41) is 15.6. The molecule has 0 saturated carbocycles. The van der Waals surface area contributed by atoms with Gasteiger partial charge in [-0.2, -0.15) is 41.9 Å². The van der Waals surface area contributed by atoms with Crippen LogP contribution in [0.4, 0.5) is 33.3 Å². The van der Waals surface area contributed by atoms with Crippen molar-refractivity contribution >= 4 is 31.4 Å². The number of anilines is 2. The molecule has 0 spiro atoms. The molecule has 0 atom stereocenters. The molecule has 0 unspecified atom stereocenters. The van der Waals surface area contributed by atoms with Crippen LogP contribution in [0.1, 0.15) is 57.3 Å². The number of aromatic nitrogens is 6. The van der Waals surface area contributed by atoms with Crippen molar-refractivity contribution in [3.63, 3.8) is 0 Å². The van der Waals surface area contributed by atoms with Gasteiger partial charge < -0.3 is 40.3 Å². The molecule has 0 bridgehead atoms. The number of halogens is 5. The van der Waals surface area contributed by atoms with Gasteiger partial charge in [0.05, 0.1) is 60.5 Å². The zero-order valence-electron chi connectivity index (χ0n) is 53.5. The number of hydrogen-bond acceptors (Lipinski definition) is 16. The maximum absolute atomic E-state index is 15.3. The third-order valence-electron chi connectivity index (χ3n) is 16.3. The van der Waals surface area contributed by atoms with Gasteiger partial charge in [-0.05, 0) is 143 Å². The standard InChI is InChI=1S/C35H35F2N5O5S.C21H24FN3O5S.C14H12F2N2/c1-45-27-11-6-23(7-12-27)20-42(21-24-8-13-28(46-2)14-9-24)48(43,44)35-31(36)22-41(40-35)16-17-47-33-19-26(18-32(37)39-33)30-15-10-25-4-3-5-29(25)34(30)38;1-29-18-7-3-16(4-8-18)13-25(14-17-5-9-19(30-2)10-6-17)31(27,28)21-20(22)15-24(23-21)11-12-26;15-12-6-9(7-13(16)18-12)11-5-4-8-2-1-3-10(8)14(11)17/h6-15,18-19,22H,3-5,16-17,20-21,38H2,1-2H3;3-10,15,26H,11-14H2,1-2H3;4-7H,1-3,17H2. The Morgan fingerprint density at radius 1 is 0.474 bits per heavy atom. The van der Waals surface area contributed by atoms with E-state index in [0.717, 1.165) is 80.0 Å². The van der Waals surface area contributed by atoms with Crippen LogP contribution in [-0.2, 0) is 85.0 Å². The highest BCUT2D eigenvalue weighted by molar-refractivity contribution is 7.89. The van der Waals surface area contributed by atoms with Gasteiger partial charge in [-0.1, -0.05) is 72.8 Å². The quantitative estimate of drug-likeness (QED) is 0.0289. The molecule has 20 nitrogen and oxygen atoms in total. The van der Waals surface area contributed by atoms with E-state index in [0.29, 0.717) is 78.9 Å². The summed E-state index contributed by atoms with van der Waals surface area (Å²) >= 11 is 0. The molecule has 4 aromatic heterocycles. The Morgan fingerprint density at radius 3 is 1.19 bits per heavy atom. The van der Waals surface area contributed by atoms with Crippen LogP contribution < -0.4 is 35.2 Å². The average molecular weight is 1370 g/mol. The number of ether oxygens (including phenoxy) is 5. The summed E-state index contributed by atoms with van der Waals surface area (Å²) in [5.41, 5.74) is 23.5. The zero-order chi connectivity index (χ0) is 69.0. The number of methoxy groups -OCH3 is 4. The van der Waals surface area contributed by atoms with Crippen molar-refractivity contribution in [2.75, 3.05) is 53.1 Å². The predicted molar refractivity (Wildman–Crippen MR) is 354 cm³/mol. The lowest BCUT2D eigenvalue weighted by Gasteiger charge is -2.21. The molecular formula is C70H71F5N10O10S2. The number of aliphatic hydroxyl groups excluding tert-OH is 1. The van der Waals surface area contributed by atoms with Crippen molar-refractivity contribution in [1.82, 2.24) is 38.1 Å². The monoisotopic (exact) mass is 1370 g/mol. The van der Waals surface area contributed by atoms with Crippen molar-refractivity contribution in [1.29, 1.82) is 0 Å². The van der Waals surface area contributed by atoms with Crippen LogP contribution in [0.25, 0.3) is 22.3 Å². The Balaban J connectivity index is 0.000000177. The van der Waals surface area contributed by atoms with Crippen LogP contribution in [0.15, 0.2) is 168 Å². The van der Waals surface area contributed by atoms with Crippen LogP contribution in [0.5, 0.6) is 28.9 Å². The SMILES string of the molecule is COc1ccc(CN(Cc2ccc(OC)cc2)S(=O)(=O)c2nn(CCO)cc2F)cc1.COc1ccc(CN(Cc2ccc(OC)cc2)S(=O)(=O)c2nn(CCOc3cc(-c4ccc5c(c4N)CCC5)cc(F)n3)cc2F)cc1.Nc1c(-c2cc(F)nc(F)c2)ccc2c1CCC2. The zero-order valence-corrected chi connectivity index (χ0v) is 55.1. The number of hydrogen-bond donors (Lipinski definition) is 3. The van der Waals surface area contributed by atoms with E-state index in [1.165, 1.54) is 43.5 Å². The van der Waals surface area contributed by atoms with Gasteiger partial charge in [0.1, 0.15) is 29.6 Å². The number of sulfonamides is 2. The second-order valence-electron chi connectivity index (χ2n) is 22.7. The number of aliphatic hydroxyl groups is 1.